The maximum Gasteiger partial charge on any atom is 0.284 e. The van der Waals surface area contributed by atoms with Crippen molar-refractivity contribution in [2.45, 2.75) is 45.8 Å². The van der Waals surface area contributed by atoms with Gasteiger partial charge in [-0.1, -0.05) is 31.2 Å². The van der Waals surface area contributed by atoms with Gasteiger partial charge in [-0.2, -0.15) is 0 Å². The smallest absolute Gasteiger partial charge is 0.284 e. The van der Waals surface area contributed by atoms with Gasteiger partial charge in [-0.25, -0.2) is 0 Å². The molecule has 0 aliphatic carbocycles. The third-order valence-corrected chi connectivity index (χ3v) is 5.70. The molecule has 1 aliphatic heterocycles. The van der Waals surface area contributed by atoms with Crippen LogP contribution in [0.4, 0.5) is 0 Å². The highest BCUT2D eigenvalue weighted by Gasteiger charge is 2.15. The van der Waals surface area contributed by atoms with Gasteiger partial charge in [-0.3, -0.25) is 9.69 Å². The average molecular weight is 425 g/mol. The molecule has 0 spiro atoms. The van der Waals surface area contributed by atoms with Crippen molar-refractivity contribution >= 4 is 16.9 Å². The van der Waals surface area contributed by atoms with Crippen LogP contribution in [0.2, 0.25) is 0 Å². The number of likely N-dealkylation sites (tertiary alicyclic amines) is 1. The van der Waals surface area contributed by atoms with E-state index in [2.05, 4.69) is 23.1 Å². The number of furan rings is 1. The van der Waals surface area contributed by atoms with Crippen LogP contribution >= 0.6 is 0 Å². The standard InChI is InChI=1S/C14H21NO.C11H11NO3/c1-2-14(16)13-7-5-6-12(10-13)11-15-8-3-4-9-15;1-6-8-4-3-7(14-2)5-9(8)15-10(6)11(12)13/h5-7,10,14,16H,2-4,8-9,11H2,1H3;3-5H,1-2H3,(H2,12,13). The monoisotopic (exact) mass is 424 g/mol. The molecule has 0 saturated carbocycles. The van der Waals surface area contributed by atoms with Crippen molar-refractivity contribution in [2.75, 3.05) is 20.2 Å². The normalized spacial score (nSPS) is 14.8. The van der Waals surface area contributed by atoms with E-state index in [1.807, 2.05) is 25.1 Å². The number of nitrogens with zero attached hydrogens (tertiary/aromatic N) is 1. The fourth-order valence-corrected chi connectivity index (χ4v) is 3.90. The van der Waals surface area contributed by atoms with E-state index in [1.54, 1.807) is 20.1 Å². The number of benzene rings is 2. The molecule has 0 bridgehead atoms. The number of carbonyl (C=O) groups is 1. The van der Waals surface area contributed by atoms with Crippen LogP contribution in [0, 0.1) is 6.92 Å². The molecule has 31 heavy (non-hydrogen) atoms. The summed E-state index contributed by atoms with van der Waals surface area (Å²) in [5.74, 6) is 0.341. The van der Waals surface area contributed by atoms with Gasteiger partial charge < -0.3 is 20.0 Å². The highest BCUT2D eigenvalue weighted by molar-refractivity contribution is 5.98. The first-order valence-electron chi connectivity index (χ1n) is 10.8. The SMILES string of the molecule is CCC(O)c1cccc(CN2CCCC2)c1.COc1ccc2c(C)c(C(N)=O)oc2c1. The number of aliphatic hydroxyl groups is 1. The molecular formula is C25H32N2O4. The van der Waals surface area contributed by atoms with E-state index in [-0.39, 0.29) is 11.9 Å². The number of fused-ring (bicyclic) bond motifs is 1. The summed E-state index contributed by atoms with van der Waals surface area (Å²) in [6.45, 7) is 7.29. The number of carbonyl (C=O) groups excluding carboxylic acids is 1. The molecule has 3 aromatic rings. The zero-order chi connectivity index (χ0) is 22.4. The fraction of sp³-hybridized carbons (Fsp3) is 0.400. The van der Waals surface area contributed by atoms with Crippen molar-refractivity contribution in [3.8, 4) is 5.75 Å². The maximum atomic E-state index is 11.0. The Morgan fingerprint density at radius 2 is 1.97 bits per heavy atom. The van der Waals surface area contributed by atoms with E-state index >= 15 is 0 Å². The molecule has 1 saturated heterocycles. The molecule has 1 aromatic heterocycles. The molecule has 2 heterocycles. The Hall–Kier alpha value is -2.83. The van der Waals surface area contributed by atoms with E-state index in [0.29, 0.717) is 11.3 Å². The first-order valence-corrected chi connectivity index (χ1v) is 10.8. The summed E-state index contributed by atoms with van der Waals surface area (Å²) in [7, 11) is 1.58. The predicted octanol–water partition coefficient (Wildman–Crippen LogP) is 4.57. The molecule has 4 rings (SSSR count). The van der Waals surface area contributed by atoms with Crippen molar-refractivity contribution in [2.24, 2.45) is 5.73 Å². The van der Waals surface area contributed by atoms with Gasteiger partial charge in [0.25, 0.3) is 5.91 Å². The van der Waals surface area contributed by atoms with Crippen LogP contribution in [0.1, 0.15) is 59.5 Å². The number of primary amides is 1. The zero-order valence-corrected chi connectivity index (χ0v) is 18.6. The number of nitrogens with two attached hydrogens (primary N) is 1. The Morgan fingerprint density at radius 1 is 1.23 bits per heavy atom. The second-order valence-electron chi connectivity index (χ2n) is 7.93. The number of ether oxygens (including phenoxy) is 1. The van der Waals surface area contributed by atoms with Crippen LogP contribution in [0.15, 0.2) is 46.9 Å². The topological polar surface area (TPSA) is 88.9 Å². The summed E-state index contributed by atoms with van der Waals surface area (Å²) in [4.78, 5) is 13.5. The van der Waals surface area contributed by atoms with Gasteiger partial charge in [0.15, 0.2) is 5.76 Å². The van der Waals surface area contributed by atoms with E-state index in [4.69, 9.17) is 14.9 Å². The molecular weight excluding hydrogens is 392 g/mol. The summed E-state index contributed by atoms with van der Waals surface area (Å²) < 4.78 is 10.4. The molecule has 0 radical (unpaired) electrons. The highest BCUT2D eigenvalue weighted by Crippen LogP contribution is 2.28. The van der Waals surface area contributed by atoms with E-state index < -0.39 is 5.91 Å². The first kappa shape index (κ1) is 22.8. The number of aryl methyl sites for hydroxylation is 1. The van der Waals surface area contributed by atoms with Crippen LogP contribution < -0.4 is 10.5 Å². The molecule has 1 amide bonds. The molecule has 6 heteroatoms. The summed E-state index contributed by atoms with van der Waals surface area (Å²) in [5, 5.41) is 10.7. The minimum Gasteiger partial charge on any atom is -0.497 e. The molecule has 6 nitrogen and oxygen atoms in total. The van der Waals surface area contributed by atoms with Crippen LogP contribution in [-0.4, -0.2) is 36.1 Å². The summed E-state index contributed by atoms with van der Waals surface area (Å²) in [6.07, 6.45) is 3.14. The van der Waals surface area contributed by atoms with E-state index in [0.717, 1.165) is 29.5 Å². The molecule has 166 valence electrons. The van der Waals surface area contributed by atoms with Crippen molar-refractivity contribution < 1.29 is 19.1 Å². The fourth-order valence-electron chi connectivity index (χ4n) is 3.90. The summed E-state index contributed by atoms with van der Waals surface area (Å²) in [5.41, 5.74) is 8.94. The Bertz CT molecular complexity index is 1020. The molecule has 1 atom stereocenters. The van der Waals surface area contributed by atoms with Gasteiger partial charge in [0.05, 0.1) is 13.2 Å². The van der Waals surface area contributed by atoms with Gasteiger partial charge in [0.1, 0.15) is 11.3 Å². The first-order chi connectivity index (χ1) is 14.9. The highest BCUT2D eigenvalue weighted by atomic mass is 16.5. The summed E-state index contributed by atoms with van der Waals surface area (Å²) >= 11 is 0. The Balaban J connectivity index is 0.000000176. The predicted molar refractivity (Wildman–Crippen MR) is 122 cm³/mol. The summed E-state index contributed by atoms with van der Waals surface area (Å²) in [6, 6.07) is 13.8. The van der Waals surface area contributed by atoms with Gasteiger partial charge in [-0.15, -0.1) is 0 Å². The van der Waals surface area contributed by atoms with Gasteiger partial charge in [-0.05, 0) is 62.5 Å². The Labute approximate surface area is 183 Å². The van der Waals surface area contributed by atoms with Gasteiger partial charge >= 0.3 is 0 Å². The maximum absolute atomic E-state index is 11.0. The average Bonchev–Trinajstić information content (AvgIpc) is 3.41. The van der Waals surface area contributed by atoms with Crippen LogP contribution in [0.5, 0.6) is 5.75 Å². The zero-order valence-electron chi connectivity index (χ0n) is 18.6. The minimum atomic E-state index is -0.553. The molecule has 2 aromatic carbocycles. The largest absolute Gasteiger partial charge is 0.497 e. The number of rotatable bonds is 6. The lowest BCUT2D eigenvalue weighted by Gasteiger charge is -2.16. The van der Waals surface area contributed by atoms with Crippen molar-refractivity contribution in [3.05, 3.63) is 64.9 Å². The Morgan fingerprint density at radius 3 is 2.61 bits per heavy atom. The molecule has 3 N–H and O–H groups in total. The van der Waals surface area contributed by atoms with Crippen molar-refractivity contribution in [1.82, 2.24) is 4.90 Å². The Kier molecular flexibility index (Phi) is 7.71. The van der Waals surface area contributed by atoms with E-state index in [9.17, 15) is 9.90 Å². The van der Waals surface area contributed by atoms with Crippen LogP contribution in [0.25, 0.3) is 11.0 Å². The number of aliphatic hydroxyl groups excluding tert-OH is 1. The second kappa shape index (κ2) is 10.5. The third-order valence-electron chi connectivity index (χ3n) is 5.70. The molecule has 1 aliphatic rings. The molecule has 1 unspecified atom stereocenters. The lowest BCUT2D eigenvalue weighted by molar-refractivity contribution is 0.0975. The van der Waals surface area contributed by atoms with E-state index in [1.165, 1.54) is 31.5 Å². The van der Waals surface area contributed by atoms with Crippen LogP contribution in [0.3, 0.4) is 0 Å². The number of hydrogen-bond donors (Lipinski definition) is 2. The number of amides is 1. The third kappa shape index (κ3) is 5.66. The number of methoxy groups -OCH3 is 1. The number of hydrogen-bond acceptors (Lipinski definition) is 5. The lowest BCUT2D eigenvalue weighted by Crippen LogP contribution is -2.18. The quantitative estimate of drug-likeness (QED) is 0.605. The second-order valence-corrected chi connectivity index (χ2v) is 7.93. The van der Waals surface area contributed by atoms with Gasteiger partial charge in [0, 0.05) is 23.6 Å². The van der Waals surface area contributed by atoms with Crippen molar-refractivity contribution in [1.29, 1.82) is 0 Å². The van der Waals surface area contributed by atoms with Gasteiger partial charge in [0.2, 0.25) is 0 Å². The van der Waals surface area contributed by atoms with Crippen molar-refractivity contribution in [3.63, 3.8) is 0 Å². The minimum absolute atomic E-state index is 0.207. The molecule has 1 fully saturated rings. The van der Waals surface area contributed by atoms with Crippen LogP contribution in [-0.2, 0) is 6.54 Å². The lowest BCUT2D eigenvalue weighted by atomic mass is 10.0.